The van der Waals surface area contributed by atoms with Crippen molar-refractivity contribution >= 4 is 15.8 Å². The maximum atomic E-state index is 13.9. The van der Waals surface area contributed by atoms with Crippen LogP contribution in [0.1, 0.15) is 10.5 Å². The summed E-state index contributed by atoms with van der Waals surface area (Å²) in [5, 5.41) is 4.45. The highest BCUT2D eigenvalue weighted by atomic mass is 32.2. The highest BCUT2D eigenvalue weighted by Crippen LogP contribution is 2.36. The molecule has 0 bridgehead atoms. The number of furan rings is 1. The summed E-state index contributed by atoms with van der Waals surface area (Å²) in [6.07, 6.45) is 1.35. The van der Waals surface area contributed by atoms with Gasteiger partial charge >= 0.3 is 5.97 Å². The van der Waals surface area contributed by atoms with Gasteiger partial charge in [-0.25, -0.2) is 17.9 Å². The first-order valence-corrected chi connectivity index (χ1v) is 11.8. The summed E-state index contributed by atoms with van der Waals surface area (Å²) in [6.45, 7) is 0. The predicted octanol–water partition coefficient (Wildman–Crippen LogP) is 5.18. The number of carbonyl (C=O) groups is 1. The van der Waals surface area contributed by atoms with Gasteiger partial charge in [0.05, 0.1) is 22.5 Å². The molecule has 0 N–H and O–H groups in total. The van der Waals surface area contributed by atoms with Gasteiger partial charge in [0.25, 0.3) is 5.95 Å². The number of para-hydroxylation sites is 1. The molecule has 5 aromatic rings. The van der Waals surface area contributed by atoms with Gasteiger partial charge in [-0.05, 0) is 30.3 Å². The van der Waals surface area contributed by atoms with Crippen LogP contribution >= 0.6 is 0 Å². The van der Waals surface area contributed by atoms with Gasteiger partial charge in [0, 0.05) is 11.6 Å². The largest absolute Gasteiger partial charge is 0.434 e. The van der Waals surface area contributed by atoms with Crippen LogP contribution in [0.2, 0.25) is 0 Å². The lowest BCUT2D eigenvalue weighted by Crippen LogP contribution is -2.14. The van der Waals surface area contributed by atoms with Gasteiger partial charge in [0.2, 0.25) is 9.84 Å². The first-order chi connectivity index (χ1) is 16.6. The van der Waals surface area contributed by atoms with Crippen LogP contribution in [0, 0.1) is 0 Å². The van der Waals surface area contributed by atoms with Gasteiger partial charge in [-0.1, -0.05) is 66.7 Å². The highest BCUT2D eigenvalue weighted by molar-refractivity contribution is 7.91. The van der Waals surface area contributed by atoms with E-state index in [0.717, 1.165) is 0 Å². The van der Waals surface area contributed by atoms with Crippen molar-refractivity contribution in [1.82, 2.24) is 9.78 Å². The van der Waals surface area contributed by atoms with Crippen molar-refractivity contribution in [3.63, 3.8) is 0 Å². The Hall–Kier alpha value is -4.43. The summed E-state index contributed by atoms with van der Waals surface area (Å²) >= 11 is 0. The van der Waals surface area contributed by atoms with E-state index in [2.05, 4.69) is 5.10 Å². The lowest BCUT2D eigenvalue weighted by molar-refractivity contribution is 0.0683. The van der Waals surface area contributed by atoms with E-state index in [1.807, 2.05) is 12.1 Å². The van der Waals surface area contributed by atoms with E-state index >= 15 is 0 Å². The molecule has 168 valence electrons. The smallest absolute Gasteiger partial charge is 0.368 e. The zero-order chi connectivity index (χ0) is 23.5. The molecule has 0 aliphatic carbocycles. The molecule has 0 radical (unpaired) electrons. The summed E-state index contributed by atoms with van der Waals surface area (Å²) in [6, 6.07) is 28.9. The number of carbonyl (C=O) groups excluding carboxylic acids is 1. The summed E-state index contributed by atoms with van der Waals surface area (Å²) in [5.74, 6) is -1.01. The van der Waals surface area contributed by atoms with E-state index in [-0.39, 0.29) is 27.1 Å². The molecule has 0 saturated carbocycles. The molecular weight excluding hydrogens is 452 g/mol. The normalized spacial score (nSPS) is 11.3. The molecule has 0 saturated heterocycles. The van der Waals surface area contributed by atoms with E-state index in [1.54, 1.807) is 72.8 Å². The van der Waals surface area contributed by atoms with Crippen molar-refractivity contribution in [2.45, 2.75) is 9.79 Å². The van der Waals surface area contributed by atoms with Gasteiger partial charge in [0.15, 0.2) is 5.69 Å². The van der Waals surface area contributed by atoms with Crippen LogP contribution in [0.15, 0.2) is 124 Å². The van der Waals surface area contributed by atoms with Crippen LogP contribution in [-0.4, -0.2) is 24.2 Å². The average Bonchev–Trinajstić information content (AvgIpc) is 3.54. The molecule has 2 heterocycles. The summed E-state index contributed by atoms with van der Waals surface area (Å²) in [4.78, 5) is 13.0. The minimum absolute atomic E-state index is 0.0341. The molecule has 0 spiro atoms. The number of hydrogen-bond acceptors (Lipinski definition) is 6. The number of sulfone groups is 1. The maximum Gasteiger partial charge on any atom is 0.368 e. The van der Waals surface area contributed by atoms with Crippen LogP contribution in [0.5, 0.6) is 5.95 Å². The van der Waals surface area contributed by atoms with Crippen LogP contribution in [0.25, 0.3) is 16.9 Å². The molecule has 8 heteroatoms. The van der Waals surface area contributed by atoms with E-state index in [4.69, 9.17) is 9.15 Å². The molecule has 0 atom stereocenters. The number of aromatic nitrogens is 2. The third kappa shape index (κ3) is 3.91. The molecule has 3 aromatic carbocycles. The van der Waals surface area contributed by atoms with Crippen LogP contribution in [0.4, 0.5) is 0 Å². The Morgan fingerprint density at radius 1 is 0.794 bits per heavy atom. The molecule has 34 heavy (non-hydrogen) atoms. The molecule has 7 nitrogen and oxygen atoms in total. The standard InChI is InChI=1S/C26H18N2O5S/c29-26(33-22-17-10-18-32-22)23-25(34(30,31)21-15-8-3-9-16-21)24(19-11-4-1-5-12-19)28(27-23)20-13-6-2-7-14-20/h1-18H. The molecule has 0 aliphatic heterocycles. The maximum absolute atomic E-state index is 13.9. The van der Waals surface area contributed by atoms with Gasteiger partial charge in [-0.15, -0.1) is 0 Å². The van der Waals surface area contributed by atoms with E-state index in [0.29, 0.717) is 11.3 Å². The van der Waals surface area contributed by atoms with Crippen molar-refractivity contribution in [2.24, 2.45) is 0 Å². The summed E-state index contributed by atoms with van der Waals surface area (Å²) in [5.41, 5.74) is 1.07. The zero-order valence-corrected chi connectivity index (χ0v) is 18.6. The van der Waals surface area contributed by atoms with Gasteiger partial charge in [-0.2, -0.15) is 5.10 Å². The molecule has 0 fully saturated rings. The van der Waals surface area contributed by atoms with Gasteiger partial charge in [-0.3, -0.25) is 0 Å². The predicted molar refractivity (Wildman–Crippen MR) is 125 cm³/mol. The minimum atomic E-state index is -4.17. The Labute approximate surface area is 195 Å². The lowest BCUT2D eigenvalue weighted by Gasteiger charge is -2.11. The third-order valence-corrected chi connectivity index (χ3v) is 6.91. The number of hydrogen-bond donors (Lipinski definition) is 0. The highest BCUT2D eigenvalue weighted by Gasteiger charge is 2.35. The summed E-state index contributed by atoms with van der Waals surface area (Å²) in [7, 11) is -4.17. The molecule has 5 rings (SSSR count). The van der Waals surface area contributed by atoms with Crippen LogP contribution in [0.3, 0.4) is 0 Å². The fourth-order valence-electron chi connectivity index (χ4n) is 3.58. The van der Waals surface area contributed by atoms with Gasteiger partial charge < -0.3 is 9.15 Å². The molecule has 0 unspecified atom stereocenters. The van der Waals surface area contributed by atoms with Crippen LogP contribution < -0.4 is 4.74 Å². The second-order valence-corrected chi connectivity index (χ2v) is 9.16. The van der Waals surface area contributed by atoms with Gasteiger partial charge in [0.1, 0.15) is 4.90 Å². The third-order valence-electron chi connectivity index (χ3n) is 5.09. The number of ether oxygens (including phenoxy) is 1. The Morgan fingerprint density at radius 2 is 1.41 bits per heavy atom. The fraction of sp³-hybridized carbons (Fsp3) is 0. The first kappa shape index (κ1) is 21.4. The van der Waals surface area contributed by atoms with E-state index in [9.17, 15) is 13.2 Å². The lowest BCUT2D eigenvalue weighted by atomic mass is 10.1. The van der Waals surface area contributed by atoms with E-state index < -0.39 is 15.8 Å². The molecular formula is C26H18N2O5S. The van der Waals surface area contributed by atoms with Crippen molar-refractivity contribution < 1.29 is 22.4 Å². The molecule has 0 aliphatic rings. The summed E-state index contributed by atoms with van der Waals surface area (Å²) < 4.78 is 39.7. The number of nitrogens with zero attached hydrogens (tertiary/aromatic N) is 2. The van der Waals surface area contributed by atoms with Crippen LogP contribution in [-0.2, 0) is 9.84 Å². The Morgan fingerprint density at radius 3 is 2.03 bits per heavy atom. The fourth-order valence-corrected chi connectivity index (χ4v) is 5.16. The molecule has 2 aromatic heterocycles. The first-order valence-electron chi connectivity index (χ1n) is 10.4. The molecule has 0 amide bonds. The number of benzene rings is 3. The van der Waals surface area contributed by atoms with Crippen molar-refractivity contribution in [1.29, 1.82) is 0 Å². The SMILES string of the molecule is O=C(Oc1ccco1)c1nn(-c2ccccc2)c(-c2ccccc2)c1S(=O)(=O)c1ccccc1. The zero-order valence-electron chi connectivity index (χ0n) is 17.7. The Balaban J connectivity index is 1.82. The second-order valence-electron chi connectivity index (χ2n) is 7.28. The quantitative estimate of drug-likeness (QED) is 0.318. The Kier molecular flexibility index (Phi) is 5.57. The van der Waals surface area contributed by atoms with Crippen molar-refractivity contribution in [3.05, 3.63) is 115 Å². The van der Waals surface area contributed by atoms with Crippen molar-refractivity contribution in [2.75, 3.05) is 0 Å². The average molecular weight is 471 g/mol. The number of esters is 1. The van der Waals surface area contributed by atoms with Crippen molar-refractivity contribution in [3.8, 4) is 22.9 Å². The second kappa shape index (κ2) is 8.84. The van der Waals surface area contributed by atoms with E-state index in [1.165, 1.54) is 29.1 Å². The topological polar surface area (TPSA) is 91.4 Å². The number of rotatable bonds is 6. The monoisotopic (exact) mass is 470 g/mol. The minimum Gasteiger partial charge on any atom is -0.434 e. The Bertz CT molecular complexity index is 1530.